The van der Waals surface area contributed by atoms with Crippen molar-refractivity contribution in [1.29, 1.82) is 0 Å². The predicted molar refractivity (Wildman–Crippen MR) is 72.8 cm³/mol. The van der Waals surface area contributed by atoms with E-state index in [-0.39, 0.29) is 0 Å². The summed E-state index contributed by atoms with van der Waals surface area (Å²) in [6, 6.07) is 7.77. The van der Waals surface area contributed by atoms with Crippen LogP contribution in [-0.2, 0) is 0 Å². The van der Waals surface area contributed by atoms with Gasteiger partial charge in [-0.25, -0.2) is 4.98 Å². The van der Waals surface area contributed by atoms with Crippen molar-refractivity contribution in [3.63, 3.8) is 0 Å². The highest BCUT2D eigenvalue weighted by atomic mass is 35.5. The number of hydrogen-bond acceptors (Lipinski definition) is 4. The molecule has 2 aromatic rings. The molecule has 5 heteroatoms. The van der Waals surface area contributed by atoms with E-state index >= 15 is 0 Å². The van der Waals surface area contributed by atoms with Crippen LogP contribution < -0.4 is 5.32 Å². The maximum Gasteiger partial charge on any atom is 0.149 e. The first kappa shape index (κ1) is 11.8. The van der Waals surface area contributed by atoms with Gasteiger partial charge in [0.15, 0.2) is 0 Å². The molecule has 1 aromatic carbocycles. The van der Waals surface area contributed by atoms with Gasteiger partial charge in [0, 0.05) is 23.9 Å². The van der Waals surface area contributed by atoms with Gasteiger partial charge in [0.25, 0.3) is 0 Å². The van der Waals surface area contributed by atoms with Crippen LogP contribution in [0.3, 0.4) is 0 Å². The molecule has 0 saturated carbocycles. The minimum absolute atomic E-state index is 0.766. The molecule has 0 aliphatic heterocycles. The molecule has 0 bridgehead atoms. The fraction of sp³-hybridized carbons (Fsp3) is 0.182. The first-order valence-electron chi connectivity index (χ1n) is 4.87. The highest BCUT2D eigenvalue weighted by Crippen LogP contribution is 2.22. The van der Waals surface area contributed by atoms with Crippen molar-refractivity contribution >= 4 is 40.4 Å². The summed E-state index contributed by atoms with van der Waals surface area (Å²) in [5, 5.41) is 6.05. The van der Waals surface area contributed by atoms with Crippen LogP contribution in [0.15, 0.2) is 40.2 Å². The number of halogens is 1. The van der Waals surface area contributed by atoms with Gasteiger partial charge in [0.2, 0.25) is 0 Å². The normalized spacial score (nSPS) is 10.3. The third-order valence-corrected chi connectivity index (χ3v) is 4.22. The minimum Gasteiger partial charge on any atom is -0.383 e. The second kappa shape index (κ2) is 6.13. The standard InChI is InChI=1S/C11H11ClN2S2/c12-9-3-1-2-4-10(9)13-5-7-15-11-14-6-8-16-11/h1-4,6,8,13H,5,7H2. The molecule has 2 nitrogen and oxygen atoms in total. The summed E-state index contributed by atoms with van der Waals surface area (Å²) in [7, 11) is 0. The highest BCUT2D eigenvalue weighted by molar-refractivity contribution is 8.01. The Hall–Kier alpha value is -0.710. The molecular weight excluding hydrogens is 260 g/mol. The van der Waals surface area contributed by atoms with Crippen LogP contribution >= 0.6 is 34.7 Å². The van der Waals surface area contributed by atoms with Gasteiger partial charge in [0.1, 0.15) is 4.34 Å². The van der Waals surface area contributed by atoms with Crippen molar-refractivity contribution in [2.24, 2.45) is 0 Å². The van der Waals surface area contributed by atoms with Gasteiger partial charge in [-0.05, 0) is 12.1 Å². The van der Waals surface area contributed by atoms with Gasteiger partial charge in [0.05, 0.1) is 10.7 Å². The molecule has 16 heavy (non-hydrogen) atoms. The number of anilines is 1. The summed E-state index contributed by atoms with van der Waals surface area (Å²) in [6.45, 7) is 0.883. The number of para-hydroxylation sites is 1. The summed E-state index contributed by atoms with van der Waals surface area (Å²) < 4.78 is 1.11. The van der Waals surface area contributed by atoms with Gasteiger partial charge < -0.3 is 5.32 Å². The first-order chi connectivity index (χ1) is 7.86. The molecule has 2 rings (SSSR count). The Morgan fingerprint density at radius 3 is 3.00 bits per heavy atom. The number of thioether (sulfide) groups is 1. The third-order valence-electron chi connectivity index (χ3n) is 1.93. The molecule has 0 amide bonds. The van der Waals surface area contributed by atoms with E-state index in [1.165, 1.54) is 0 Å². The summed E-state index contributed by atoms with van der Waals surface area (Å²) in [5.41, 5.74) is 0.990. The van der Waals surface area contributed by atoms with Crippen molar-refractivity contribution in [2.75, 3.05) is 17.6 Å². The fourth-order valence-corrected chi connectivity index (χ4v) is 2.98. The zero-order valence-electron chi connectivity index (χ0n) is 8.52. The average molecular weight is 271 g/mol. The number of thiazole rings is 1. The zero-order chi connectivity index (χ0) is 11.2. The van der Waals surface area contributed by atoms with E-state index < -0.39 is 0 Å². The van der Waals surface area contributed by atoms with Crippen LogP contribution in [0.5, 0.6) is 0 Å². The van der Waals surface area contributed by atoms with Crippen LogP contribution in [0, 0.1) is 0 Å². The predicted octanol–water partition coefficient (Wildman–Crippen LogP) is 4.00. The number of benzene rings is 1. The topological polar surface area (TPSA) is 24.9 Å². The molecule has 0 aliphatic rings. The van der Waals surface area contributed by atoms with E-state index in [1.54, 1.807) is 23.1 Å². The van der Waals surface area contributed by atoms with Crippen molar-refractivity contribution < 1.29 is 0 Å². The average Bonchev–Trinajstić information content (AvgIpc) is 2.79. The molecule has 84 valence electrons. The van der Waals surface area contributed by atoms with Crippen LogP contribution in [0.1, 0.15) is 0 Å². The van der Waals surface area contributed by atoms with Crippen molar-refractivity contribution in [1.82, 2.24) is 4.98 Å². The number of rotatable bonds is 5. The lowest BCUT2D eigenvalue weighted by atomic mass is 10.3. The lowest BCUT2D eigenvalue weighted by molar-refractivity contribution is 1.20. The van der Waals surface area contributed by atoms with Crippen molar-refractivity contribution in [2.45, 2.75) is 4.34 Å². The molecule has 1 N–H and O–H groups in total. The second-order valence-electron chi connectivity index (χ2n) is 3.05. The number of aromatic nitrogens is 1. The first-order valence-corrected chi connectivity index (χ1v) is 7.11. The Balaban J connectivity index is 1.74. The molecular formula is C11H11ClN2S2. The van der Waals surface area contributed by atoms with Gasteiger partial charge >= 0.3 is 0 Å². The molecule has 0 unspecified atom stereocenters. The van der Waals surface area contributed by atoms with Gasteiger partial charge in [-0.1, -0.05) is 35.5 Å². The van der Waals surface area contributed by atoms with Crippen LogP contribution in [-0.4, -0.2) is 17.3 Å². The lowest BCUT2D eigenvalue weighted by Crippen LogP contribution is -2.04. The highest BCUT2D eigenvalue weighted by Gasteiger charge is 1.98. The van der Waals surface area contributed by atoms with Crippen molar-refractivity contribution in [3.05, 3.63) is 40.9 Å². The molecule has 0 fully saturated rings. The maximum atomic E-state index is 6.02. The zero-order valence-corrected chi connectivity index (χ0v) is 10.9. The van der Waals surface area contributed by atoms with Gasteiger partial charge in [-0.15, -0.1) is 11.3 Å². The summed E-state index contributed by atoms with van der Waals surface area (Å²) in [5.74, 6) is 0.985. The van der Waals surface area contributed by atoms with E-state index in [0.717, 1.165) is 27.3 Å². The molecule has 1 aromatic heterocycles. The van der Waals surface area contributed by atoms with Crippen LogP contribution in [0.25, 0.3) is 0 Å². The third kappa shape index (κ3) is 3.40. The van der Waals surface area contributed by atoms with E-state index in [0.29, 0.717) is 0 Å². The second-order valence-corrected chi connectivity index (χ2v) is 5.70. The van der Waals surface area contributed by atoms with E-state index in [1.807, 2.05) is 35.8 Å². The maximum absolute atomic E-state index is 6.02. The van der Waals surface area contributed by atoms with Crippen LogP contribution in [0.4, 0.5) is 5.69 Å². The van der Waals surface area contributed by atoms with E-state index in [9.17, 15) is 0 Å². The van der Waals surface area contributed by atoms with Gasteiger partial charge in [-0.3, -0.25) is 0 Å². The summed E-state index contributed by atoms with van der Waals surface area (Å²) in [4.78, 5) is 4.21. The number of hydrogen-bond donors (Lipinski definition) is 1. The summed E-state index contributed by atoms with van der Waals surface area (Å²) in [6.07, 6.45) is 1.83. The molecule has 0 spiro atoms. The fourth-order valence-electron chi connectivity index (χ4n) is 1.21. The van der Waals surface area contributed by atoms with Crippen molar-refractivity contribution in [3.8, 4) is 0 Å². The quantitative estimate of drug-likeness (QED) is 0.657. The molecule has 0 aliphatic carbocycles. The molecule has 1 heterocycles. The largest absolute Gasteiger partial charge is 0.383 e. The van der Waals surface area contributed by atoms with Gasteiger partial charge in [-0.2, -0.15) is 0 Å². The van der Waals surface area contributed by atoms with E-state index in [4.69, 9.17) is 11.6 Å². The molecule has 0 saturated heterocycles. The smallest absolute Gasteiger partial charge is 0.149 e. The molecule has 0 radical (unpaired) electrons. The summed E-state index contributed by atoms with van der Waals surface area (Å²) >= 11 is 9.45. The van der Waals surface area contributed by atoms with Crippen LogP contribution in [0.2, 0.25) is 5.02 Å². The monoisotopic (exact) mass is 270 g/mol. The number of nitrogens with one attached hydrogen (secondary N) is 1. The lowest BCUT2D eigenvalue weighted by Gasteiger charge is -2.06. The Labute approximate surface area is 108 Å². The number of nitrogens with zero attached hydrogens (tertiary/aromatic N) is 1. The van der Waals surface area contributed by atoms with E-state index in [2.05, 4.69) is 10.3 Å². The Morgan fingerprint density at radius 2 is 2.25 bits per heavy atom. The Morgan fingerprint density at radius 1 is 1.38 bits per heavy atom. The minimum atomic E-state index is 0.766. The SMILES string of the molecule is Clc1ccccc1NCCSc1nccs1. The molecule has 0 atom stereocenters. The Bertz CT molecular complexity index is 431. The Kier molecular flexibility index (Phi) is 4.51.